The number of hydrogen-bond donors (Lipinski definition) is 1. The van der Waals surface area contributed by atoms with Crippen LogP contribution in [0, 0.1) is 0 Å². The van der Waals surface area contributed by atoms with Gasteiger partial charge in [-0.05, 0) is 44.2 Å². The number of methoxy groups -OCH3 is 1. The molecule has 0 heterocycles. The van der Waals surface area contributed by atoms with Crippen LogP contribution in [0.25, 0.3) is 0 Å². The summed E-state index contributed by atoms with van der Waals surface area (Å²) in [7, 11) is 1.40. The van der Waals surface area contributed by atoms with Crippen LogP contribution in [0.2, 0.25) is 0 Å². The Balaban J connectivity index is 1.90. The van der Waals surface area contributed by atoms with Crippen LogP contribution >= 0.6 is 0 Å². The summed E-state index contributed by atoms with van der Waals surface area (Å²) in [4.78, 5) is 24.4. The number of benzene rings is 2. The minimum absolute atomic E-state index is 0.0467. The summed E-state index contributed by atoms with van der Waals surface area (Å²) in [6.07, 6.45) is 2.58. The fourth-order valence-electron chi connectivity index (χ4n) is 3.19. The zero-order valence-electron chi connectivity index (χ0n) is 17.3. The topological polar surface area (TPSA) is 55.4 Å². The maximum atomic E-state index is 12.6. The Morgan fingerprint density at radius 3 is 2.25 bits per heavy atom. The number of carbonyl (C=O) groups is 2. The van der Waals surface area contributed by atoms with E-state index in [1.807, 2.05) is 37.3 Å². The number of nitrogens with one attached hydrogen (secondary N) is 1. The lowest BCUT2D eigenvalue weighted by atomic mass is 9.94. The molecular weight excluding hydrogens is 350 g/mol. The number of hydrogen-bond acceptors (Lipinski definition) is 4. The molecule has 1 unspecified atom stereocenters. The minimum Gasteiger partial charge on any atom is -0.469 e. The van der Waals surface area contributed by atoms with Gasteiger partial charge >= 0.3 is 5.97 Å². The molecule has 0 aliphatic carbocycles. The maximum Gasteiger partial charge on any atom is 0.313 e. The highest BCUT2D eigenvalue weighted by Crippen LogP contribution is 2.21. The van der Waals surface area contributed by atoms with Crippen molar-refractivity contribution in [1.29, 1.82) is 0 Å². The molecule has 150 valence electrons. The molecule has 0 aromatic heterocycles. The second-order valence-electron chi connectivity index (χ2n) is 7.75. The first-order valence-corrected chi connectivity index (χ1v) is 9.86. The number of Topliss-reactive ketones (excluding diaryl/α,β-unsaturated/α-hetero) is 1. The Kier molecular flexibility index (Phi) is 7.94. The Morgan fingerprint density at radius 1 is 1.04 bits per heavy atom. The maximum absolute atomic E-state index is 12.6. The lowest BCUT2D eigenvalue weighted by Crippen LogP contribution is -2.42. The van der Waals surface area contributed by atoms with Gasteiger partial charge < -0.3 is 10.1 Å². The highest BCUT2D eigenvalue weighted by molar-refractivity contribution is 5.97. The smallest absolute Gasteiger partial charge is 0.313 e. The van der Waals surface area contributed by atoms with Gasteiger partial charge in [-0.15, -0.1) is 0 Å². The third kappa shape index (κ3) is 6.31. The Hall–Kier alpha value is -2.46. The van der Waals surface area contributed by atoms with Crippen LogP contribution in [0.15, 0.2) is 54.6 Å². The number of carbonyl (C=O) groups excluding carboxylic acids is 2. The van der Waals surface area contributed by atoms with Gasteiger partial charge in [0.1, 0.15) is 0 Å². The number of ketones is 1. The fourth-order valence-corrected chi connectivity index (χ4v) is 3.19. The number of esters is 1. The molecule has 4 nitrogen and oxygen atoms in total. The summed E-state index contributed by atoms with van der Waals surface area (Å²) < 4.78 is 4.85. The summed E-state index contributed by atoms with van der Waals surface area (Å²) in [5.74, 6) is -0.488. The molecule has 0 fully saturated rings. The van der Waals surface area contributed by atoms with E-state index in [-0.39, 0.29) is 29.8 Å². The summed E-state index contributed by atoms with van der Waals surface area (Å²) in [5, 5.41) is 3.38. The number of aryl methyl sites for hydroxylation is 1. The van der Waals surface area contributed by atoms with Crippen molar-refractivity contribution in [3.63, 3.8) is 0 Å². The van der Waals surface area contributed by atoms with Gasteiger partial charge in [-0.25, -0.2) is 0 Å². The van der Waals surface area contributed by atoms with E-state index in [0.29, 0.717) is 12.0 Å². The van der Waals surface area contributed by atoms with Crippen molar-refractivity contribution < 1.29 is 14.3 Å². The first kappa shape index (κ1) is 21.8. The van der Waals surface area contributed by atoms with Gasteiger partial charge in [-0.1, -0.05) is 61.5 Å². The van der Waals surface area contributed by atoms with Gasteiger partial charge in [-0.3, -0.25) is 9.59 Å². The molecule has 0 saturated carbocycles. The fraction of sp³-hybridized carbons (Fsp3) is 0.417. The quantitative estimate of drug-likeness (QED) is 0.485. The molecule has 1 atom stereocenters. The standard InChI is InChI=1S/C24H31NO3/c1-5-21(23(27)28-4)19-11-13-20(14-12-19)22(26)17-25-24(2,3)16-15-18-9-7-6-8-10-18/h6-14,21,25H,5,15-17H2,1-4H3. The van der Waals surface area contributed by atoms with Crippen molar-refractivity contribution in [2.75, 3.05) is 13.7 Å². The number of rotatable bonds is 10. The van der Waals surface area contributed by atoms with Crippen molar-refractivity contribution in [2.24, 2.45) is 0 Å². The normalized spacial score (nSPS) is 12.4. The van der Waals surface area contributed by atoms with Crippen molar-refractivity contribution in [3.8, 4) is 0 Å². The van der Waals surface area contributed by atoms with E-state index in [1.54, 1.807) is 12.1 Å². The van der Waals surface area contributed by atoms with Gasteiger partial charge in [0.05, 0.1) is 19.6 Å². The molecule has 2 aromatic carbocycles. The van der Waals surface area contributed by atoms with E-state index in [2.05, 4.69) is 31.3 Å². The van der Waals surface area contributed by atoms with Gasteiger partial charge in [0.15, 0.2) is 5.78 Å². The van der Waals surface area contributed by atoms with E-state index in [4.69, 9.17) is 4.74 Å². The van der Waals surface area contributed by atoms with Gasteiger partial charge in [0.2, 0.25) is 0 Å². The summed E-state index contributed by atoms with van der Waals surface area (Å²) >= 11 is 0. The van der Waals surface area contributed by atoms with Crippen molar-refractivity contribution in [3.05, 3.63) is 71.3 Å². The summed E-state index contributed by atoms with van der Waals surface area (Å²) in [6, 6.07) is 17.6. The van der Waals surface area contributed by atoms with Gasteiger partial charge in [0, 0.05) is 11.1 Å². The molecule has 0 aliphatic heterocycles. The Labute approximate surface area is 168 Å². The number of ether oxygens (including phenoxy) is 1. The predicted molar refractivity (Wildman–Crippen MR) is 113 cm³/mol. The first-order valence-electron chi connectivity index (χ1n) is 9.86. The van der Waals surface area contributed by atoms with E-state index >= 15 is 0 Å². The largest absolute Gasteiger partial charge is 0.469 e. The first-order chi connectivity index (χ1) is 13.4. The lowest BCUT2D eigenvalue weighted by Gasteiger charge is -2.26. The van der Waals surface area contributed by atoms with Crippen molar-refractivity contribution >= 4 is 11.8 Å². The van der Waals surface area contributed by atoms with Crippen LogP contribution in [0.5, 0.6) is 0 Å². The van der Waals surface area contributed by atoms with Crippen LogP contribution in [0.4, 0.5) is 0 Å². The molecule has 0 amide bonds. The molecule has 2 rings (SSSR count). The van der Waals surface area contributed by atoms with Crippen LogP contribution in [0.3, 0.4) is 0 Å². The summed E-state index contributed by atoms with van der Waals surface area (Å²) in [6.45, 7) is 6.47. The highest BCUT2D eigenvalue weighted by atomic mass is 16.5. The monoisotopic (exact) mass is 381 g/mol. The third-order valence-electron chi connectivity index (χ3n) is 5.14. The van der Waals surface area contributed by atoms with Crippen LogP contribution in [-0.2, 0) is 16.0 Å². The van der Waals surface area contributed by atoms with Crippen molar-refractivity contribution in [2.45, 2.75) is 51.5 Å². The van der Waals surface area contributed by atoms with Crippen LogP contribution < -0.4 is 5.32 Å². The zero-order valence-corrected chi connectivity index (χ0v) is 17.3. The van der Waals surface area contributed by atoms with Crippen molar-refractivity contribution in [1.82, 2.24) is 5.32 Å². The molecule has 2 aromatic rings. The molecular formula is C24H31NO3. The predicted octanol–water partition coefficient (Wildman–Crippen LogP) is 4.54. The average Bonchev–Trinajstić information content (AvgIpc) is 2.72. The minimum atomic E-state index is -0.288. The molecule has 0 aliphatic rings. The highest BCUT2D eigenvalue weighted by Gasteiger charge is 2.21. The zero-order chi connectivity index (χ0) is 20.6. The molecule has 0 radical (unpaired) electrons. The molecule has 1 N–H and O–H groups in total. The molecule has 0 bridgehead atoms. The molecule has 28 heavy (non-hydrogen) atoms. The molecule has 4 heteroatoms. The third-order valence-corrected chi connectivity index (χ3v) is 5.14. The van der Waals surface area contributed by atoms with Gasteiger partial charge in [-0.2, -0.15) is 0 Å². The SMILES string of the molecule is CCC(C(=O)OC)c1ccc(C(=O)CNC(C)(C)CCc2ccccc2)cc1. The van der Waals surface area contributed by atoms with E-state index in [1.165, 1.54) is 12.7 Å². The van der Waals surface area contributed by atoms with E-state index in [9.17, 15) is 9.59 Å². The van der Waals surface area contributed by atoms with E-state index in [0.717, 1.165) is 18.4 Å². The average molecular weight is 382 g/mol. The summed E-state index contributed by atoms with van der Waals surface area (Å²) in [5.41, 5.74) is 2.69. The molecule has 0 spiro atoms. The molecule has 0 saturated heterocycles. The Bertz CT molecular complexity index is 766. The van der Waals surface area contributed by atoms with Gasteiger partial charge in [0.25, 0.3) is 0 Å². The lowest BCUT2D eigenvalue weighted by molar-refractivity contribution is -0.142. The van der Waals surface area contributed by atoms with E-state index < -0.39 is 0 Å². The second kappa shape index (κ2) is 10.2. The Morgan fingerprint density at radius 2 is 1.68 bits per heavy atom. The van der Waals surface area contributed by atoms with Crippen LogP contribution in [0.1, 0.15) is 61.0 Å². The second-order valence-corrected chi connectivity index (χ2v) is 7.75. The van der Waals surface area contributed by atoms with Crippen LogP contribution in [-0.4, -0.2) is 30.9 Å².